The zero-order chi connectivity index (χ0) is 9.68. The number of hydrogen-bond donors (Lipinski definition) is 1. The number of nitrogens with one attached hydrogen (secondary N) is 1. The van der Waals surface area contributed by atoms with E-state index in [4.69, 9.17) is 0 Å². The Morgan fingerprint density at radius 2 is 1.80 bits per heavy atom. The Bertz CT molecular complexity index is 171. The molecule has 15 heavy (non-hydrogen) atoms. The van der Waals surface area contributed by atoms with Gasteiger partial charge in [0.25, 0.3) is 0 Å². The highest BCUT2D eigenvalue weighted by molar-refractivity contribution is 5.85. The zero-order valence-electron chi connectivity index (χ0n) is 9.49. The Morgan fingerprint density at radius 3 is 2.27 bits per heavy atom. The second-order valence-electron chi connectivity index (χ2n) is 4.08. The second-order valence-corrected chi connectivity index (χ2v) is 4.08. The van der Waals surface area contributed by atoms with Crippen molar-refractivity contribution in [3.63, 3.8) is 0 Å². The van der Waals surface area contributed by atoms with Gasteiger partial charge in [-0.25, -0.2) is 0 Å². The molecule has 92 valence electrons. The van der Waals surface area contributed by atoms with Gasteiger partial charge in [-0.15, -0.1) is 24.8 Å². The van der Waals surface area contributed by atoms with Crippen LogP contribution in [0, 0.1) is 5.92 Å². The predicted molar refractivity (Wildman–Crippen MR) is 68.0 cm³/mol. The highest BCUT2D eigenvalue weighted by Crippen LogP contribution is 2.24. The van der Waals surface area contributed by atoms with Gasteiger partial charge in [-0.2, -0.15) is 0 Å². The van der Waals surface area contributed by atoms with Crippen LogP contribution in [0.4, 0.5) is 0 Å². The van der Waals surface area contributed by atoms with Crippen molar-refractivity contribution in [3.8, 4) is 0 Å². The minimum Gasteiger partial charge on any atom is -0.355 e. The van der Waals surface area contributed by atoms with Crippen molar-refractivity contribution in [2.45, 2.75) is 25.7 Å². The van der Waals surface area contributed by atoms with Gasteiger partial charge in [0.2, 0.25) is 5.91 Å². The van der Waals surface area contributed by atoms with Crippen molar-refractivity contribution in [1.82, 2.24) is 10.2 Å². The lowest BCUT2D eigenvalue weighted by Crippen LogP contribution is -2.34. The molecule has 1 aliphatic rings. The molecule has 1 N–H and O–H groups in total. The van der Waals surface area contributed by atoms with E-state index < -0.39 is 0 Å². The van der Waals surface area contributed by atoms with E-state index in [2.05, 4.69) is 10.2 Å². The van der Waals surface area contributed by atoms with Gasteiger partial charge < -0.3 is 10.2 Å². The molecule has 0 heterocycles. The van der Waals surface area contributed by atoms with Crippen molar-refractivity contribution in [1.29, 1.82) is 0 Å². The first-order valence-corrected chi connectivity index (χ1v) is 5.12. The van der Waals surface area contributed by atoms with E-state index in [1.165, 1.54) is 12.8 Å². The zero-order valence-corrected chi connectivity index (χ0v) is 11.1. The fraction of sp³-hybridized carbons (Fsp3) is 0.900. The van der Waals surface area contributed by atoms with Crippen LogP contribution in [-0.2, 0) is 4.79 Å². The quantitative estimate of drug-likeness (QED) is 0.831. The fourth-order valence-electron chi connectivity index (χ4n) is 1.74. The number of likely N-dealkylation sites (N-methyl/N-ethyl adjacent to an activating group) is 1. The third-order valence-electron chi connectivity index (χ3n) is 2.58. The van der Waals surface area contributed by atoms with Crippen LogP contribution in [0.1, 0.15) is 25.7 Å². The largest absolute Gasteiger partial charge is 0.355 e. The van der Waals surface area contributed by atoms with Crippen LogP contribution in [0.2, 0.25) is 0 Å². The van der Waals surface area contributed by atoms with Crippen molar-refractivity contribution in [2.75, 3.05) is 27.2 Å². The maximum absolute atomic E-state index is 11.5. The maximum atomic E-state index is 11.5. The van der Waals surface area contributed by atoms with Crippen molar-refractivity contribution >= 4 is 30.7 Å². The summed E-state index contributed by atoms with van der Waals surface area (Å²) in [5, 5.41) is 2.98. The number of rotatable bonds is 4. The minimum atomic E-state index is 0. The van der Waals surface area contributed by atoms with Gasteiger partial charge in [0.1, 0.15) is 0 Å². The Labute approximate surface area is 105 Å². The summed E-state index contributed by atoms with van der Waals surface area (Å²) in [7, 11) is 4.03. The lowest BCUT2D eigenvalue weighted by Gasteiger charge is -2.13. The highest BCUT2D eigenvalue weighted by Gasteiger charge is 2.21. The van der Waals surface area contributed by atoms with Crippen LogP contribution in [0.15, 0.2) is 0 Å². The Kier molecular flexibility index (Phi) is 10.7. The molecule has 0 aromatic rings. The summed E-state index contributed by atoms with van der Waals surface area (Å²) in [6.45, 7) is 1.71. The van der Waals surface area contributed by atoms with E-state index in [-0.39, 0.29) is 30.7 Å². The third-order valence-corrected chi connectivity index (χ3v) is 2.58. The first-order chi connectivity index (χ1) is 6.20. The molecule has 1 aliphatic carbocycles. The van der Waals surface area contributed by atoms with E-state index in [0.29, 0.717) is 5.92 Å². The van der Waals surface area contributed by atoms with Crippen LogP contribution < -0.4 is 5.32 Å². The van der Waals surface area contributed by atoms with Crippen LogP contribution >= 0.6 is 24.8 Å². The highest BCUT2D eigenvalue weighted by atomic mass is 35.5. The number of carbonyl (C=O) groups is 1. The Balaban J connectivity index is 0. The van der Waals surface area contributed by atoms with Crippen molar-refractivity contribution < 1.29 is 4.79 Å². The molecule has 0 bridgehead atoms. The molecular formula is C10H22Cl2N2O. The molecule has 0 atom stereocenters. The number of carbonyl (C=O) groups excluding carboxylic acids is 1. The van der Waals surface area contributed by atoms with Crippen molar-refractivity contribution in [2.24, 2.45) is 5.92 Å². The normalized spacial score (nSPS) is 15.7. The minimum absolute atomic E-state index is 0. The molecule has 0 aromatic heterocycles. The van der Waals surface area contributed by atoms with Gasteiger partial charge in [-0.05, 0) is 26.9 Å². The molecule has 0 unspecified atom stereocenters. The predicted octanol–water partition coefficient (Wildman–Crippen LogP) is 1.70. The van der Waals surface area contributed by atoms with Gasteiger partial charge in [0.05, 0.1) is 0 Å². The second kappa shape index (κ2) is 9.25. The summed E-state index contributed by atoms with van der Waals surface area (Å²) in [5.41, 5.74) is 0. The van der Waals surface area contributed by atoms with Gasteiger partial charge in [0, 0.05) is 19.0 Å². The first kappa shape index (κ1) is 17.4. The molecule has 0 spiro atoms. The molecule has 1 rings (SSSR count). The molecular weight excluding hydrogens is 235 g/mol. The average molecular weight is 257 g/mol. The van der Waals surface area contributed by atoms with E-state index >= 15 is 0 Å². The average Bonchev–Trinajstić information content (AvgIpc) is 2.55. The topological polar surface area (TPSA) is 32.3 Å². The fourth-order valence-corrected chi connectivity index (χ4v) is 1.74. The summed E-state index contributed by atoms with van der Waals surface area (Å²) >= 11 is 0. The van der Waals surface area contributed by atoms with Gasteiger partial charge >= 0.3 is 0 Å². The van der Waals surface area contributed by atoms with E-state index in [0.717, 1.165) is 25.9 Å². The lowest BCUT2D eigenvalue weighted by atomic mass is 10.1. The molecule has 1 saturated carbocycles. The van der Waals surface area contributed by atoms with Crippen LogP contribution in [0.5, 0.6) is 0 Å². The van der Waals surface area contributed by atoms with E-state index in [9.17, 15) is 4.79 Å². The van der Waals surface area contributed by atoms with Gasteiger partial charge in [0.15, 0.2) is 0 Å². The summed E-state index contributed by atoms with van der Waals surface area (Å²) in [5.74, 6) is 0.571. The Morgan fingerprint density at radius 1 is 1.27 bits per heavy atom. The summed E-state index contributed by atoms with van der Waals surface area (Å²) in [6, 6.07) is 0. The van der Waals surface area contributed by atoms with E-state index in [1.54, 1.807) is 0 Å². The smallest absolute Gasteiger partial charge is 0.223 e. The SMILES string of the molecule is CN(C)CCNC(=O)C1CCCC1.Cl.Cl. The maximum Gasteiger partial charge on any atom is 0.223 e. The monoisotopic (exact) mass is 256 g/mol. The molecule has 3 nitrogen and oxygen atoms in total. The lowest BCUT2D eigenvalue weighted by molar-refractivity contribution is -0.124. The molecule has 1 fully saturated rings. The number of amides is 1. The summed E-state index contributed by atoms with van der Waals surface area (Å²) < 4.78 is 0. The molecule has 5 heteroatoms. The van der Waals surface area contributed by atoms with Crippen molar-refractivity contribution in [3.05, 3.63) is 0 Å². The van der Waals surface area contributed by atoms with Crippen LogP contribution in [0.25, 0.3) is 0 Å². The Hall–Kier alpha value is 0.01000. The number of nitrogens with zero attached hydrogens (tertiary/aromatic N) is 1. The van der Waals surface area contributed by atoms with E-state index in [1.807, 2.05) is 14.1 Å². The molecule has 0 radical (unpaired) electrons. The standard InChI is InChI=1S/C10H20N2O.2ClH/c1-12(2)8-7-11-10(13)9-5-3-4-6-9;;/h9H,3-8H2,1-2H3,(H,11,13);2*1H. The van der Waals surface area contributed by atoms with Gasteiger partial charge in [-0.1, -0.05) is 12.8 Å². The molecule has 0 aliphatic heterocycles. The molecule has 0 saturated heterocycles. The number of halogens is 2. The molecule has 0 aromatic carbocycles. The van der Waals surface area contributed by atoms with Crippen LogP contribution in [-0.4, -0.2) is 38.0 Å². The molecule has 1 amide bonds. The van der Waals surface area contributed by atoms with Crippen LogP contribution in [0.3, 0.4) is 0 Å². The summed E-state index contributed by atoms with van der Waals surface area (Å²) in [4.78, 5) is 13.6. The first-order valence-electron chi connectivity index (χ1n) is 5.12. The van der Waals surface area contributed by atoms with Gasteiger partial charge in [-0.3, -0.25) is 4.79 Å². The third kappa shape index (κ3) is 6.98. The number of hydrogen-bond acceptors (Lipinski definition) is 2. The summed E-state index contributed by atoms with van der Waals surface area (Å²) in [6.07, 6.45) is 4.64.